The predicted molar refractivity (Wildman–Crippen MR) is 76.2 cm³/mol. The third-order valence-electron chi connectivity index (χ3n) is 4.04. The molecule has 1 aliphatic carbocycles. The highest BCUT2D eigenvalue weighted by molar-refractivity contribution is 5.67. The third-order valence-corrected chi connectivity index (χ3v) is 4.04. The standard InChI is InChI=1S/C15H26N2O2/c1-2-19-15(18)17-11-8-14(9-12-17)16-10-7-13-5-3-4-6-13/h5,14,16H,2-4,6-12H2,1H3. The lowest BCUT2D eigenvalue weighted by Crippen LogP contribution is -2.45. The van der Waals surface area contributed by atoms with Crippen molar-refractivity contribution in [2.24, 2.45) is 0 Å². The van der Waals surface area contributed by atoms with Crippen LogP contribution < -0.4 is 5.32 Å². The van der Waals surface area contributed by atoms with Gasteiger partial charge < -0.3 is 15.0 Å². The average molecular weight is 266 g/mol. The Bertz CT molecular complexity index is 320. The Morgan fingerprint density at radius 1 is 1.47 bits per heavy atom. The normalized spacial score (nSPS) is 20.5. The molecule has 19 heavy (non-hydrogen) atoms. The van der Waals surface area contributed by atoms with E-state index < -0.39 is 0 Å². The first kappa shape index (κ1) is 14.4. The van der Waals surface area contributed by atoms with Crippen LogP contribution in [0, 0.1) is 0 Å². The number of nitrogens with zero attached hydrogens (tertiary/aromatic N) is 1. The van der Waals surface area contributed by atoms with Crippen molar-refractivity contribution in [1.29, 1.82) is 0 Å². The molecule has 0 atom stereocenters. The van der Waals surface area contributed by atoms with Gasteiger partial charge in [-0.1, -0.05) is 11.6 Å². The maximum atomic E-state index is 11.6. The van der Waals surface area contributed by atoms with E-state index in [9.17, 15) is 4.79 Å². The van der Waals surface area contributed by atoms with Crippen LogP contribution in [0.15, 0.2) is 11.6 Å². The van der Waals surface area contributed by atoms with E-state index in [0.29, 0.717) is 12.6 Å². The van der Waals surface area contributed by atoms with Gasteiger partial charge in [0.05, 0.1) is 6.61 Å². The van der Waals surface area contributed by atoms with Gasteiger partial charge in [-0.2, -0.15) is 0 Å². The van der Waals surface area contributed by atoms with Crippen molar-refractivity contribution in [3.8, 4) is 0 Å². The third kappa shape index (κ3) is 4.53. The Balaban J connectivity index is 1.59. The molecule has 1 N–H and O–H groups in total. The van der Waals surface area contributed by atoms with Crippen LogP contribution >= 0.6 is 0 Å². The number of hydrogen-bond acceptors (Lipinski definition) is 3. The topological polar surface area (TPSA) is 41.6 Å². The SMILES string of the molecule is CCOC(=O)N1CCC(NCCC2=CCCC2)CC1. The minimum absolute atomic E-state index is 0.155. The lowest BCUT2D eigenvalue weighted by Gasteiger charge is -2.31. The zero-order chi connectivity index (χ0) is 13.5. The van der Waals surface area contributed by atoms with E-state index >= 15 is 0 Å². The molecule has 0 spiro atoms. The van der Waals surface area contributed by atoms with E-state index in [1.807, 2.05) is 11.8 Å². The maximum absolute atomic E-state index is 11.6. The number of hydrogen-bond donors (Lipinski definition) is 1. The van der Waals surface area contributed by atoms with Crippen LogP contribution in [0.5, 0.6) is 0 Å². The van der Waals surface area contributed by atoms with Crippen molar-refractivity contribution in [3.63, 3.8) is 0 Å². The molecule has 0 radical (unpaired) electrons. The van der Waals surface area contributed by atoms with Gasteiger partial charge in [0.1, 0.15) is 0 Å². The first-order valence-corrected chi connectivity index (χ1v) is 7.62. The maximum Gasteiger partial charge on any atom is 0.409 e. The first-order chi connectivity index (χ1) is 9.29. The summed E-state index contributed by atoms with van der Waals surface area (Å²) in [5.41, 5.74) is 1.62. The summed E-state index contributed by atoms with van der Waals surface area (Å²) in [5, 5.41) is 3.62. The second kappa shape index (κ2) is 7.53. The highest BCUT2D eigenvalue weighted by Gasteiger charge is 2.22. The summed E-state index contributed by atoms with van der Waals surface area (Å²) in [6, 6.07) is 0.563. The van der Waals surface area contributed by atoms with Crippen LogP contribution in [0.1, 0.15) is 45.4 Å². The van der Waals surface area contributed by atoms with Crippen LogP contribution in [0.2, 0.25) is 0 Å². The van der Waals surface area contributed by atoms with Crippen LogP contribution in [-0.4, -0.2) is 43.3 Å². The number of ether oxygens (including phenoxy) is 1. The Labute approximate surface area is 116 Å². The molecule has 0 aromatic heterocycles. The van der Waals surface area contributed by atoms with Crippen molar-refractivity contribution in [1.82, 2.24) is 10.2 Å². The highest BCUT2D eigenvalue weighted by Crippen LogP contribution is 2.20. The molecule has 1 fully saturated rings. The zero-order valence-corrected chi connectivity index (χ0v) is 12.0. The molecule has 1 aliphatic heterocycles. The zero-order valence-electron chi connectivity index (χ0n) is 12.0. The first-order valence-electron chi connectivity index (χ1n) is 7.62. The van der Waals surface area contributed by atoms with Crippen LogP contribution in [0.3, 0.4) is 0 Å². The van der Waals surface area contributed by atoms with Gasteiger partial charge >= 0.3 is 6.09 Å². The number of rotatable bonds is 5. The second-order valence-corrected chi connectivity index (χ2v) is 5.42. The van der Waals surface area contributed by atoms with Crippen molar-refractivity contribution < 1.29 is 9.53 Å². The Hall–Kier alpha value is -1.03. The highest BCUT2D eigenvalue weighted by atomic mass is 16.6. The van der Waals surface area contributed by atoms with Gasteiger partial charge in [0.2, 0.25) is 0 Å². The molecule has 4 heteroatoms. The molecule has 2 aliphatic rings. The molecule has 108 valence electrons. The van der Waals surface area contributed by atoms with Crippen molar-refractivity contribution >= 4 is 6.09 Å². The lowest BCUT2D eigenvalue weighted by molar-refractivity contribution is 0.0952. The lowest BCUT2D eigenvalue weighted by atomic mass is 10.0. The quantitative estimate of drug-likeness (QED) is 0.778. The second-order valence-electron chi connectivity index (χ2n) is 5.42. The number of carbonyl (C=O) groups excluding carboxylic acids is 1. The summed E-state index contributed by atoms with van der Waals surface area (Å²) in [5.74, 6) is 0. The number of nitrogens with one attached hydrogen (secondary N) is 1. The molecule has 2 rings (SSSR count). The minimum atomic E-state index is -0.155. The summed E-state index contributed by atoms with van der Waals surface area (Å²) < 4.78 is 5.02. The Kier molecular flexibility index (Phi) is 5.70. The van der Waals surface area contributed by atoms with Gasteiger partial charge in [-0.05, 0) is 52.0 Å². The van der Waals surface area contributed by atoms with Crippen molar-refractivity contribution in [2.75, 3.05) is 26.2 Å². The summed E-state index contributed by atoms with van der Waals surface area (Å²) >= 11 is 0. The van der Waals surface area contributed by atoms with Gasteiger partial charge in [0.25, 0.3) is 0 Å². The predicted octanol–water partition coefficient (Wildman–Crippen LogP) is 2.70. The molecule has 0 bridgehead atoms. The smallest absolute Gasteiger partial charge is 0.409 e. The largest absolute Gasteiger partial charge is 0.450 e. The molecule has 1 saturated heterocycles. The van der Waals surface area contributed by atoms with E-state index in [-0.39, 0.29) is 6.09 Å². The summed E-state index contributed by atoms with van der Waals surface area (Å²) in [4.78, 5) is 13.4. The number of piperidine rings is 1. The molecule has 1 amide bonds. The fraction of sp³-hybridized carbons (Fsp3) is 0.800. The Morgan fingerprint density at radius 3 is 2.89 bits per heavy atom. The molecule has 0 aromatic carbocycles. The fourth-order valence-electron chi connectivity index (χ4n) is 2.88. The number of likely N-dealkylation sites (tertiary alicyclic amines) is 1. The molecule has 1 heterocycles. The number of amides is 1. The van der Waals surface area contributed by atoms with Gasteiger partial charge in [-0.25, -0.2) is 4.79 Å². The van der Waals surface area contributed by atoms with Crippen LogP contribution in [0.25, 0.3) is 0 Å². The molecular weight excluding hydrogens is 240 g/mol. The van der Waals surface area contributed by atoms with Crippen LogP contribution in [-0.2, 0) is 4.74 Å². The van der Waals surface area contributed by atoms with Gasteiger partial charge in [0, 0.05) is 19.1 Å². The van der Waals surface area contributed by atoms with E-state index in [2.05, 4.69) is 11.4 Å². The molecule has 0 aromatic rings. The molecular formula is C15H26N2O2. The molecule has 0 saturated carbocycles. The van der Waals surface area contributed by atoms with Gasteiger partial charge in [-0.15, -0.1) is 0 Å². The van der Waals surface area contributed by atoms with E-state index in [4.69, 9.17) is 4.74 Å². The summed E-state index contributed by atoms with van der Waals surface area (Å²) in [7, 11) is 0. The number of allylic oxidation sites excluding steroid dienone is 1. The monoisotopic (exact) mass is 266 g/mol. The average Bonchev–Trinajstić information content (AvgIpc) is 2.93. The van der Waals surface area contributed by atoms with Crippen LogP contribution in [0.4, 0.5) is 4.79 Å². The van der Waals surface area contributed by atoms with E-state index in [1.165, 1.54) is 25.7 Å². The Morgan fingerprint density at radius 2 is 2.26 bits per heavy atom. The summed E-state index contributed by atoms with van der Waals surface area (Å²) in [6.45, 7) is 5.03. The van der Waals surface area contributed by atoms with E-state index in [0.717, 1.165) is 32.5 Å². The molecule has 0 unspecified atom stereocenters. The van der Waals surface area contributed by atoms with Gasteiger partial charge in [0.15, 0.2) is 0 Å². The minimum Gasteiger partial charge on any atom is -0.450 e. The van der Waals surface area contributed by atoms with Crippen molar-refractivity contribution in [3.05, 3.63) is 11.6 Å². The van der Waals surface area contributed by atoms with E-state index in [1.54, 1.807) is 5.57 Å². The summed E-state index contributed by atoms with van der Waals surface area (Å²) in [6.07, 6.45) is 9.42. The molecule has 4 nitrogen and oxygen atoms in total. The van der Waals surface area contributed by atoms with Gasteiger partial charge in [-0.3, -0.25) is 0 Å². The van der Waals surface area contributed by atoms with Crippen molar-refractivity contribution in [2.45, 2.75) is 51.5 Å². The fourth-order valence-corrected chi connectivity index (χ4v) is 2.88. The number of carbonyl (C=O) groups is 1.